The number of nitrogens with one attached hydrogen (secondary N) is 1. The number of amides is 2. The van der Waals surface area contributed by atoms with Crippen LogP contribution in [-0.4, -0.2) is 40.4 Å². The Hall–Kier alpha value is -4.46. The third kappa shape index (κ3) is 6.52. The molecular weight excluding hydrogens is 494 g/mol. The second-order valence-corrected chi connectivity index (χ2v) is 10.0. The minimum Gasteiger partial charge on any atom is -0.481 e. The van der Waals surface area contributed by atoms with Crippen LogP contribution in [0.4, 0.5) is 5.69 Å². The Morgan fingerprint density at radius 1 is 0.974 bits per heavy atom. The van der Waals surface area contributed by atoms with Crippen molar-refractivity contribution in [2.24, 2.45) is 11.0 Å². The van der Waals surface area contributed by atoms with Gasteiger partial charge in [-0.25, -0.2) is 5.01 Å². The lowest BCUT2D eigenvalue weighted by Gasteiger charge is -2.25. The number of benzene rings is 3. The number of carbonyl (C=O) groups is 3. The normalized spacial score (nSPS) is 16.4. The van der Waals surface area contributed by atoms with Crippen LogP contribution in [0, 0.1) is 5.92 Å². The minimum absolute atomic E-state index is 0.0661. The standard InChI is InChI=1S/C31H31N3O5/c35-27-20-39-31(25-10-2-1-3-11-25)33-34(27)19-21-13-15-24(16-14-21)29(23-8-4-5-9-23)30(38)32-26-12-6-7-22(17-26)18-28(36)37/h1-3,6-7,10-17,23,29H,4-5,8-9,18-20H2,(H,32,38)(H,36,37). The summed E-state index contributed by atoms with van der Waals surface area (Å²) in [4.78, 5) is 37.1. The zero-order chi connectivity index (χ0) is 27.2. The Bertz CT molecular complexity index is 1360. The van der Waals surface area contributed by atoms with Gasteiger partial charge in [-0.05, 0) is 59.7 Å². The highest BCUT2D eigenvalue weighted by molar-refractivity contribution is 5.98. The third-order valence-corrected chi connectivity index (χ3v) is 7.23. The van der Waals surface area contributed by atoms with Crippen molar-refractivity contribution in [2.75, 3.05) is 11.9 Å². The van der Waals surface area contributed by atoms with Crippen LogP contribution in [-0.2, 0) is 32.1 Å². The predicted octanol–water partition coefficient (Wildman–Crippen LogP) is 4.95. The highest BCUT2D eigenvalue weighted by Gasteiger charge is 2.32. The molecule has 0 radical (unpaired) electrons. The number of carbonyl (C=O) groups excluding carboxylic acids is 2. The van der Waals surface area contributed by atoms with E-state index in [0.29, 0.717) is 23.7 Å². The highest BCUT2D eigenvalue weighted by Crippen LogP contribution is 2.38. The number of hydrazone groups is 1. The number of hydrogen-bond acceptors (Lipinski definition) is 5. The van der Waals surface area contributed by atoms with Crippen molar-refractivity contribution in [1.29, 1.82) is 0 Å². The van der Waals surface area contributed by atoms with Crippen LogP contribution in [0.2, 0.25) is 0 Å². The van der Waals surface area contributed by atoms with Gasteiger partial charge in [-0.1, -0.05) is 67.4 Å². The first-order valence-electron chi connectivity index (χ1n) is 13.2. The van der Waals surface area contributed by atoms with Crippen LogP contribution in [0.25, 0.3) is 0 Å². The molecule has 1 unspecified atom stereocenters. The summed E-state index contributed by atoms with van der Waals surface area (Å²) in [5.41, 5.74) is 3.86. The van der Waals surface area contributed by atoms with E-state index in [9.17, 15) is 14.4 Å². The molecule has 0 aromatic heterocycles. The summed E-state index contributed by atoms with van der Waals surface area (Å²) < 4.78 is 5.54. The Balaban J connectivity index is 1.32. The van der Waals surface area contributed by atoms with Crippen LogP contribution in [0.3, 0.4) is 0 Å². The molecule has 1 fully saturated rings. The summed E-state index contributed by atoms with van der Waals surface area (Å²) in [7, 11) is 0. The van der Waals surface area contributed by atoms with E-state index < -0.39 is 5.97 Å². The van der Waals surface area contributed by atoms with Gasteiger partial charge in [-0.15, -0.1) is 5.10 Å². The van der Waals surface area contributed by atoms with Crippen LogP contribution in [0.1, 0.15) is 53.9 Å². The molecule has 0 bridgehead atoms. The topological polar surface area (TPSA) is 108 Å². The van der Waals surface area contributed by atoms with E-state index in [-0.39, 0.29) is 36.7 Å². The average molecular weight is 526 g/mol. The molecule has 8 nitrogen and oxygen atoms in total. The van der Waals surface area contributed by atoms with Crippen molar-refractivity contribution >= 4 is 29.4 Å². The maximum absolute atomic E-state index is 13.5. The van der Waals surface area contributed by atoms with E-state index in [2.05, 4.69) is 10.4 Å². The second-order valence-electron chi connectivity index (χ2n) is 10.0. The first-order valence-corrected chi connectivity index (χ1v) is 13.2. The third-order valence-electron chi connectivity index (χ3n) is 7.23. The fraction of sp³-hybridized carbons (Fsp3) is 0.290. The van der Waals surface area contributed by atoms with Gasteiger partial charge in [0.2, 0.25) is 11.8 Å². The summed E-state index contributed by atoms with van der Waals surface area (Å²) >= 11 is 0. The predicted molar refractivity (Wildman–Crippen MR) is 147 cm³/mol. The maximum Gasteiger partial charge on any atom is 0.307 e. The van der Waals surface area contributed by atoms with Crippen molar-refractivity contribution in [3.8, 4) is 0 Å². The summed E-state index contributed by atoms with van der Waals surface area (Å²) in [6.45, 7) is 0.235. The lowest BCUT2D eigenvalue weighted by atomic mass is 9.83. The monoisotopic (exact) mass is 525 g/mol. The van der Waals surface area contributed by atoms with Crippen molar-refractivity contribution in [2.45, 2.75) is 44.6 Å². The molecule has 8 heteroatoms. The van der Waals surface area contributed by atoms with Crippen molar-refractivity contribution < 1.29 is 24.2 Å². The molecule has 1 aliphatic heterocycles. The van der Waals surface area contributed by atoms with Crippen LogP contribution in [0.15, 0.2) is 84.0 Å². The smallest absolute Gasteiger partial charge is 0.307 e. The number of aliphatic carboxylic acids is 1. The summed E-state index contributed by atoms with van der Waals surface area (Å²) in [5.74, 6) is -0.899. The van der Waals surface area contributed by atoms with Gasteiger partial charge in [0.05, 0.1) is 18.9 Å². The zero-order valence-corrected chi connectivity index (χ0v) is 21.6. The summed E-state index contributed by atoms with van der Waals surface area (Å²) in [6, 6.07) is 24.3. The molecule has 5 rings (SSSR count). The van der Waals surface area contributed by atoms with Gasteiger partial charge in [-0.3, -0.25) is 14.4 Å². The molecule has 2 amide bonds. The van der Waals surface area contributed by atoms with Crippen molar-refractivity contribution in [1.82, 2.24) is 5.01 Å². The molecule has 1 atom stereocenters. The molecule has 200 valence electrons. The van der Waals surface area contributed by atoms with Crippen molar-refractivity contribution in [3.63, 3.8) is 0 Å². The lowest BCUT2D eigenvalue weighted by Crippen LogP contribution is -2.36. The summed E-state index contributed by atoms with van der Waals surface area (Å²) in [6.07, 6.45) is 4.07. The molecule has 0 saturated heterocycles. The van der Waals surface area contributed by atoms with E-state index in [1.807, 2.05) is 54.6 Å². The van der Waals surface area contributed by atoms with Gasteiger partial charge in [-0.2, -0.15) is 0 Å². The number of hydrogen-bond donors (Lipinski definition) is 2. The number of ether oxygens (including phenoxy) is 1. The van der Waals surface area contributed by atoms with Crippen LogP contribution >= 0.6 is 0 Å². The molecule has 1 heterocycles. The molecule has 2 aliphatic rings. The number of carboxylic acids is 1. The SMILES string of the molecule is O=C(O)Cc1cccc(NC(=O)C(c2ccc(CN3N=C(c4ccccc4)OCC3=O)cc2)C2CCCC2)c1. The van der Waals surface area contributed by atoms with Gasteiger partial charge in [0.15, 0.2) is 6.61 Å². The lowest BCUT2D eigenvalue weighted by molar-refractivity contribution is -0.137. The first kappa shape index (κ1) is 26.2. The number of rotatable bonds is 9. The molecule has 39 heavy (non-hydrogen) atoms. The Labute approximate surface area is 227 Å². The van der Waals surface area contributed by atoms with E-state index in [0.717, 1.165) is 42.4 Å². The molecule has 1 aliphatic carbocycles. The number of nitrogens with zero attached hydrogens (tertiary/aromatic N) is 2. The van der Waals surface area contributed by atoms with Gasteiger partial charge in [0.25, 0.3) is 5.91 Å². The maximum atomic E-state index is 13.5. The van der Waals surface area contributed by atoms with Gasteiger partial charge in [0.1, 0.15) is 0 Å². The fourth-order valence-electron chi connectivity index (χ4n) is 5.33. The molecule has 0 spiro atoms. The van der Waals surface area contributed by atoms with Gasteiger partial charge >= 0.3 is 5.97 Å². The molecule has 2 N–H and O–H groups in total. The summed E-state index contributed by atoms with van der Waals surface area (Å²) in [5, 5.41) is 18.0. The van der Waals surface area contributed by atoms with Crippen molar-refractivity contribution in [3.05, 3.63) is 101 Å². The van der Waals surface area contributed by atoms with Crippen LogP contribution < -0.4 is 5.32 Å². The van der Waals surface area contributed by atoms with Gasteiger partial charge in [0, 0.05) is 11.3 Å². The molecule has 3 aromatic carbocycles. The number of anilines is 1. The zero-order valence-electron chi connectivity index (χ0n) is 21.6. The van der Waals surface area contributed by atoms with E-state index >= 15 is 0 Å². The second kappa shape index (κ2) is 11.9. The quantitative estimate of drug-likeness (QED) is 0.411. The molecular formula is C31H31N3O5. The van der Waals surface area contributed by atoms with E-state index in [4.69, 9.17) is 9.84 Å². The Morgan fingerprint density at radius 2 is 1.72 bits per heavy atom. The Kier molecular flexibility index (Phi) is 8.01. The Morgan fingerprint density at radius 3 is 2.44 bits per heavy atom. The molecule has 1 saturated carbocycles. The first-order chi connectivity index (χ1) is 19.0. The average Bonchev–Trinajstić information content (AvgIpc) is 3.46. The minimum atomic E-state index is -0.914. The highest BCUT2D eigenvalue weighted by atomic mass is 16.5. The van der Waals surface area contributed by atoms with E-state index in [1.54, 1.807) is 24.3 Å². The van der Waals surface area contributed by atoms with Gasteiger partial charge < -0.3 is 15.2 Å². The van der Waals surface area contributed by atoms with E-state index in [1.165, 1.54) is 5.01 Å². The molecule has 3 aromatic rings. The van der Waals surface area contributed by atoms with Crippen LogP contribution in [0.5, 0.6) is 0 Å². The fourth-order valence-corrected chi connectivity index (χ4v) is 5.33. The largest absolute Gasteiger partial charge is 0.481 e. The number of carboxylic acid groups (broad SMARTS) is 1.